The zero-order valence-corrected chi connectivity index (χ0v) is 12.3. The largest absolute Gasteiger partial charge is 0.312 e. The maximum absolute atomic E-state index is 10.9. The van der Waals surface area contributed by atoms with Gasteiger partial charge in [-0.2, -0.15) is 0 Å². The fraction of sp³-hybridized carbons (Fsp3) is 0.357. The lowest BCUT2D eigenvalue weighted by Crippen LogP contribution is -2.19. The summed E-state index contributed by atoms with van der Waals surface area (Å²) in [6, 6.07) is 5.35. The molecule has 0 saturated heterocycles. The minimum absolute atomic E-state index is 0.178. The number of nitro groups is 1. The number of nitro benzene ring substituents is 1. The van der Waals surface area contributed by atoms with Crippen molar-refractivity contribution in [1.29, 1.82) is 0 Å². The molecule has 1 aromatic carbocycles. The maximum Gasteiger partial charge on any atom is 0.272 e. The zero-order chi connectivity index (χ0) is 14.5. The standard InChI is InChI=1S/C14H17N3O2S/c1-10-3-4-12(7-13(10)17(18)19)9-15-8-11(2)14-16-5-6-20-14/h3-7,11,15H,8-9H2,1-2H3. The molecular formula is C14H17N3O2S. The SMILES string of the molecule is Cc1ccc(CNCC(C)c2nccs2)cc1[N+](=O)[O-]. The van der Waals surface area contributed by atoms with Gasteiger partial charge in [0.25, 0.3) is 5.69 Å². The summed E-state index contributed by atoms with van der Waals surface area (Å²) in [5.41, 5.74) is 1.79. The number of nitrogens with one attached hydrogen (secondary N) is 1. The van der Waals surface area contributed by atoms with Crippen molar-refractivity contribution in [3.63, 3.8) is 0 Å². The summed E-state index contributed by atoms with van der Waals surface area (Å²) in [7, 11) is 0. The molecule has 0 spiro atoms. The van der Waals surface area contributed by atoms with Crippen LogP contribution >= 0.6 is 11.3 Å². The highest BCUT2D eigenvalue weighted by Crippen LogP contribution is 2.20. The van der Waals surface area contributed by atoms with E-state index in [0.29, 0.717) is 18.0 Å². The minimum atomic E-state index is -0.336. The van der Waals surface area contributed by atoms with Crippen molar-refractivity contribution < 1.29 is 4.92 Å². The first kappa shape index (κ1) is 14.6. The van der Waals surface area contributed by atoms with Crippen molar-refractivity contribution in [2.45, 2.75) is 26.3 Å². The topological polar surface area (TPSA) is 68.1 Å². The van der Waals surface area contributed by atoms with Crippen molar-refractivity contribution in [2.75, 3.05) is 6.54 Å². The summed E-state index contributed by atoms with van der Waals surface area (Å²) in [6.07, 6.45) is 1.81. The Labute approximate surface area is 121 Å². The lowest BCUT2D eigenvalue weighted by molar-refractivity contribution is -0.385. The molecule has 1 heterocycles. The predicted molar refractivity (Wildman–Crippen MR) is 80.1 cm³/mol. The van der Waals surface area contributed by atoms with Crippen LogP contribution in [0.5, 0.6) is 0 Å². The molecule has 0 aliphatic rings. The van der Waals surface area contributed by atoms with E-state index in [1.807, 2.05) is 11.4 Å². The molecule has 0 aliphatic carbocycles. The van der Waals surface area contributed by atoms with Gasteiger partial charge >= 0.3 is 0 Å². The Kier molecular flexibility index (Phi) is 4.81. The number of aryl methyl sites for hydroxylation is 1. The van der Waals surface area contributed by atoms with Crippen LogP contribution in [0, 0.1) is 17.0 Å². The molecule has 20 heavy (non-hydrogen) atoms. The summed E-state index contributed by atoms with van der Waals surface area (Å²) in [5.74, 6) is 0.343. The van der Waals surface area contributed by atoms with Crippen molar-refractivity contribution >= 4 is 17.0 Å². The Balaban J connectivity index is 1.91. The molecule has 0 aliphatic heterocycles. The molecule has 0 amide bonds. The van der Waals surface area contributed by atoms with Gasteiger partial charge in [0.2, 0.25) is 0 Å². The van der Waals surface area contributed by atoms with Crippen LogP contribution in [0.25, 0.3) is 0 Å². The Morgan fingerprint density at radius 2 is 2.30 bits per heavy atom. The predicted octanol–water partition coefficient (Wildman–Crippen LogP) is 3.25. The Morgan fingerprint density at radius 3 is 2.95 bits per heavy atom. The first-order chi connectivity index (χ1) is 9.58. The van der Waals surface area contributed by atoms with Crippen molar-refractivity contribution in [1.82, 2.24) is 10.3 Å². The molecule has 106 valence electrons. The second kappa shape index (κ2) is 6.58. The second-order valence-electron chi connectivity index (χ2n) is 4.78. The fourth-order valence-electron chi connectivity index (χ4n) is 1.96. The van der Waals surface area contributed by atoms with Crippen LogP contribution in [0.3, 0.4) is 0 Å². The van der Waals surface area contributed by atoms with Crippen LogP contribution in [0.2, 0.25) is 0 Å². The normalized spacial score (nSPS) is 12.3. The third-order valence-electron chi connectivity index (χ3n) is 3.12. The van der Waals surface area contributed by atoms with Gasteiger partial charge in [-0.25, -0.2) is 4.98 Å². The Morgan fingerprint density at radius 1 is 1.50 bits per heavy atom. The van der Waals surface area contributed by atoms with Gasteiger partial charge < -0.3 is 5.32 Å². The molecule has 0 bridgehead atoms. The highest BCUT2D eigenvalue weighted by Gasteiger charge is 2.11. The Bertz CT molecular complexity index is 584. The molecule has 6 heteroatoms. The van der Waals surface area contributed by atoms with Gasteiger partial charge in [0, 0.05) is 42.2 Å². The first-order valence-corrected chi connectivity index (χ1v) is 7.30. The summed E-state index contributed by atoms with van der Waals surface area (Å²) < 4.78 is 0. The van der Waals surface area contributed by atoms with E-state index < -0.39 is 0 Å². The van der Waals surface area contributed by atoms with Gasteiger partial charge in [-0.1, -0.05) is 19.1 Å². The highest BCUT2D eigenvalue weighted by molar-refractivity contribution is 7.09. The number of hydrogen-bond acceptors (Lipinski definition) is 5. The second-order valence-corrected chi connectivity index (χ2v) is 5.71. The Hall–Kier alpha value is -1.79. The van der Waals surface area contributed by atoms with Crippen molar-refractivity contribution in [2.24, 2.45) is 0 Å². The number of rotatable bonds is 6. The molecule has 1 unspecified atom stereocenters. The van der Waals surface area contributed by atoms with Crippen LogP contribution in [0.4, 0.5) is 5.69 Å². The number of aromatic nitrogens is 1. The van der Waals surface area contributed by atoms with E-state index in [0.717, 1.165) is 17.1 Å². The third kappa shape index (κ3) is 3.61. The molecule has 1 aromatic heterocycles. The lowest BCUT2D eigenvalue weighted by Gasteiger charge is -2.10. The van der Waals surface area contributed by atoms with Crippen LogP contribution in [-0.2, 0) is 6.54 Å². The van der Waals surface area contributed by atoms with E-state index >= 15 is 0 Å². The van der Waals surface area contributed by atoms with Crippen LogP contribution in [0.15, 0.2) is 29.8 Å². The summed E-state index contributed by atoms with van der Waals surface area (Å²) in [6.45, 7) is 5.29. The molecular weight excluding hydrogens is 274 g/mol. The van der Waals surface area contributed by atoms with Gasteiger partial charge in [0.15, 0.2) is 0 Å². The molecule has 1 atom stereocenters. The molecule has 2 aromatic rings. The average Bonchev–Trinajstić information content (AvgIpc) is 2.94. The minimum Gasteiger partial charge on any atom is -0.312 e. The fourth-order valence-corrected chi connectivity index (χ4v) is 2.66. The molecule has 0 radical (unpaired) electrons. The average molecular weight is 291 g/mol. The van der Waals surface area contributed by atoms with Crippen molar-refractivity contribution in [3.8, 4) is 0 Å². The van der Waals surface area contributed by atoms with Crippen LogP contribution < -0.4 is 5.32 Å². The number of nitrogens with zero attached hydrogens (tertiary/aromatic N) is 2. The quantitative estimate of drug-likeness (QED) is 0.655. The van der Waals surface area contributed by atoms with E-state index in [-0.39, 0.29) is 10.6 Å². The van der Waals surface area contributed by atoms with Gasteiger partial charge in [0.05, 0.1) is 9.93 Å². The van der Waals surface area contributed by atoms with Crippen LogP contribution in [0.1, 0.15) is 29.0 Å². The smallest absolute Gasteiger partial charge is 0.272 e. The monoisotopic (exact) mass is 291 g/mol. The maximum atomic E-state index is 10.9. The van der Waals surface area contributed by atoms with E-state index in [1.165, 1.54) is 0 Å². The third-order valence-corrected chi connectivity index (χ3v) is 4.13. The van der Waals surface area contributed by atoms with Crippen molar-refractivity contribution in [3.05, 3.63) is 56.0 Å². The summed E-state index contributed by atoms with van der Waals surface area (Å²) >= 11 is 1.65. The lowest BCUT2D eigenvalue weighted by atomic mass is 10.1. The molecule has 0 fully saturated rings. The van der Waals surface area contributed by atoms with Gasteiger partial charge in [-0.3, -0.25) is 10.1 Å². The number of benzene rings is 1. The van der Waals surface area contributed by atoms with E-state index in [2.05, 4.69) is 17.2 Å². The molecule has 0 saturated carbocycles. The van der Waals surface area contributed by atoms with E-state index in [9.17, 15) is 10.1 Å². The first-order valence-electron chi connectivity index (χ1n) is 6.42. The zero-order valence-electron chi connectivity index (χ0n) is 11.5. The number of hydrogen-bond donors (Lipinski definition) is 1. The molecule has 1 N–H and O–H groups in total. The highest BCUT2D eigenvalue weighted by atomic mass is 32.1. The van der Waals surface area contributed by atoms with Gasteiger partial charge in [-0.05, 0) is 12.5 Å². The number of thiazole rings is 1. The molecule has 5 nitrogen and oxygen atoms in total. The van der Waals surface area contributed by atoms with E-state index in [4.69, 9.17) is 0 Å². The van der Waals surface area contributed by atoms with Gasteiger partial charge in [-0.15, -0.1) is 11.3 Å². The van der Waals surface area contributed by atoms with Crippen LogP contribution in [-0.4, -0.2) is 16.5 Å². The van der Waals surface area contributed by atoms with Gasteiger partial charge in [0.1, 0.15) is 0 Å². The summed E-state index contributed by atoms with van der Waals surface area (Å²) in [5, 5.41) is 17.3. The summed E-state index contributed by atoms with van der Waals surface area (Å²) in [4.78, 5) is 14.8. The van der Waals surface area contributed by atoms with E-state index in [1.54, 1.807) is 36.6 Å². The molecule has 2 rings (SSSR count).